The minimum atomic E-state index is -0.465. The third kappa shape index (κ3) is 4.60. The van der Waals surface area contributed by atoms with Crippen LogP contribution >= 0.6 is 0 Å². The van der Waals surface area contributed by atoms with Gasteiger partial charge in [0, 0.05) is 38.0 Å². The molecular weight excluding hydrogens is 460 g/mol. The molecule has 0 aliphatic heterocycles. The number of hydrogen-bond donors (Lipinski definition) is 0. The summed E-state index contributed by atoms with van der Waals surface area (Å²) in [5.41, 5.74) is -0.503. The minimum Gasteiger partial charge on any atom is -0.469 e. The van der Waals surface area contributed by atoms with Crippen LogP contribution < -0.4 is 0 Å². The fraction of sp³-hybridized carbons (Fsp3) is 0.862. The summed E-state index contributed by atoms with van der Waals surface area (Å²) < 4.78 is 16.5. The van der Waals surface area contributed by atoms with E-state index in [9.17, 15) is 19.2 Å². The molecule has 4 aliphatic carbocycles. The molecular formula is C29H44O7. The van der Waals surface area contributed by atoms with Gasteiger partial charge in [-0.25, -0.2) is 0 Å². The maximum atomic E-state index is 14.0. The van der Waals surface area contributed by atoms with Crippen molar-refractivity contribution in [2.45, 2.75) is 105 Å². The lowest BCUT2D eigenvalue weighted by molar-refractivity contribution is -0.196. The molecule has 0 bridgehead atoms. The Morgan fingerprint density at radius 2 is 1.69 bits per heavy atom. The first-order valence-electron chi connectivity index (χ1n) is 13.9. The van der Waals surface area contributed by atoms with Crippen LogP contribution in [0, 0.1) is 46.3 Å². The van der Waals surface area contributed by atoms with Crippen molar-refractivity contribution >= 4 is 23.7 Å². The maximum Gasteiger partial charge on any atom is 0.305 e. The van der Waals surface area contributed by atoms with Gasteiger partial charge in [0.05, 0.1) is 7.11 Å². The van der Waals surface area contributed by atoms with E-state index in [1.54, 1.807) is 0 Å². The van der Waals surface area contributed by atoms with Gasteiger partial charge in [-0.2, -0.15) is 0 Å². The Hall–Kier alpha value is -1.92. The van der Waals surface area contributed by atoms with E-state index < -0.39 is 5.41 Å². The van der Waals surface area contributed by atoms with Gasteiger partial charge in [0.2, 0.25) is 0 Å². The number of ketones is 1. The van der Waals surface area contributed by atoms with Crippen molar-refractivity contribution in [2.24, 2.45) is 46.3 Å². The van der Waals surface area contributed by atoms with Crippen LogP contribution in [-0.2, 0) is 33.4 Å². The zero-order valence-electron chi connectivity index (χ0n) is 22.8. The van der Waals surface area contributed by atoms with E-state index in [-0.39, 0.29) is 71.0 Å². The molecule has 10 atom stereocenters. The van der Waals surface area contributed by atoms with Crippen LogP contribution in [-0.4, -0.2) is 43.0 Å². The van der Waals surface area contributed by atoms with Crippen LogP contribution in [0.5, 0.6) is 0 Å². The number of fused-ring (bicyclic) bond motifs is 5. The SMILES string of the molecule is COC(=O)CC[C@@H](C)[C@@H]1CC[C@@H]2[C@@H]3[C@@H](CC(=O)[C@@]21C)[C@@]1(C)CC[C@H](OC(C)=O)C[C@@H]1C[C@H]3OC(C)=O. The lowest BCUT2D eigenvalue weighted by atomic mass is 9.43. The van der Waals surface area contributed by atoms with Crippen LogP contribution in [0.4, 0.5) is 0 Å². The molecule has 0 aromatic heterocycles. The molecule has 7 heteroatoms. The average Bonchev–Trinajstić information content (AvgIpc) is 3.16. The van der Waals surface area contributed by atoms with Crippen molar-refractivity contribution in [3.05, 3.63) is 0 Å². The van der Waals surface area contributed by atoms with E-state index in [0.29, 0.717) is 25.0 Å². The summed E-state index contributed by atoms with van der Waals surface area (Å²) in [6.07, 6.45) is 6.44. The Balaban J connectivity index is 1.62. The van der Waals surface area contributed by atoms with Crippen LogP contribution in [0.3, 0.4) is 0 Å². The molecule has 4 aliphatic rings. The fourth-order valence-electron chi connectivity index (χ4n) is 9.14. The summed E-state index contributed by atoms with van der Waals surface area (Å²) in [4.78, 5) is 49.7. The molecule has 4 rings (SSSR count). The van der Waals surface area contributed by atoms with E-state index >= 15 is 0 Å². The topological polar surface area (TPSA) is 96.0 Å². The molecule has 0 unspecified atom stereocenters. The predicted molar refractivity (Wildman–Crippen MR) is 133 cm³/mol. The summed E-state index contributed by atoms with van der Waals surface area (Å²) in [6.45, 7) is 9.57. The number of methoxy groups -OCH3 is 1. The zero-order valence-corrected chi connectivity index (χ0v) is 22.8. The molecule has 7 nitrogen and oxygen atoms in total. The average molecular weight is 505 g/mol. The van der Waals surface area contributed by atoms with Crippen LogP contribution in [0.25, 0.3) is 0 Å². The first-order chi connectivity index (χ1) is 16.9. The number of carbonyl (C=O) groups is 4. The number of ether oxygens (including phenoxy) is 3. The van der Waals surface area contributed by atoms with Crippen molar-refractivity contribution in [1.29, 1.82) is 0 Å². The quantitative estimate of drug-likeness (QED) is 0.375. The summed E-state index contributed by atoms with van der Waals surface area (Å²) >= 11 is 0. The van der Waals surface area contributed by atoms with Gasteiger partial charge in [-0.05, 0) is 80.0 Å². The Kier molecular flexibility index (Phi) is 7.60. The van der Waals surface area contributed by atoms with Gasteiger partial charge in [-0.15, -0.1) is 0 Å². The summed E-state index contributed by atoms with van der Waals surface area (Å²) in [6, 6.07) is 0. The third-order valence-electron chi connectivity index (χ3n) is 10.9. The highest BCUT2D eigenvalue weighted by atomic mass is 16.5. The van der Waals surface area contributed by atoms with Gasteiger partial charge in [-0.3, -0.25) is 19.2 Å². The first-order valence-corrected chi connectivity index (χ1v) is 13.9. The van der Waals surface area contributed by atoms with Crippen molar-refractivity contribution < 1.29 is 33.4 Å². The van der Waals surface area contributed by atoms with Gasteiger partial charge in [-0.1, -0.05) is 20.8 Å². The number of esters is 3. The monoisotopic (exact) mass is 504 g/mol. The lowest BCUT2D eigenvalue weighted by Gasteiger charge is -2.62. The number of Topliss-reactive ketones (excluding diaryl/α,β-unsaturated/α-hetero) is 1. The molecule has 0 N–H and O–H groups in total. The normalized spacial score (nSPS) is 42.4. The van der Waals surface area contributed by atoms with E-state index in [1.165, 1.54) is 21.0 Å². The molecule has 202 valence electrons. The second-order valence-electron chi connectivity index (χ2n) is 12.6. The standard InChI is InChI=1S/C29H44O7/c1-16(7-10-26(33)34-6)21-8-9-22-27-23(15-25(32)29(21,22)5)28(4)12-11-20(35-17(2)30)13-19(28)14-24(27)36-18(3)31/h16,19-24,27H,7-15H2,1-6H3/t16-,19-,20+,21+,22-,23-,24-,27-,28+,29-/m1/s1. The molecule has 0 aromatic rings. The highest BCUT2D eigenvalue weighted by molar-refractivity contribution is 5.87. The van der Waals surface area contributed by atoms with Gasteiger partial charge >= 0.3 is 17.9 Å². The van der Waals surface area contributed by atoms with Gasteiger partial charge in [0.25, 0.3) is 0 Å². The Morgan fingerprint density at radius 1 is 1.00 bits per heavy atom. The highest BCUT2D eigenvalue weighted by Gasteiger charge is 2.66. The summed E-state index contributed by atoms with van der Waals surface area (Å²) in [5.74, 6) is 0.785. The van der Waals surface area contributed by atoms with Crippen molar-refractivity contribution in [3.63, 3.8) is 0 Å². The molecule has 0 saturated heterocycles. The van der Waals surface area contributed by atoms with Crippen LogP contribution in [0.15, 0.2) is 0 Å². The Labute approximate surface area is 215 Å². The largest absolute Gasteiger partial charge is 0.469 e. The molecule has 0 heterocycles. The molecule has 4 saturated carbocycles. The molecule has 0 radical (unpaired) electrons. The Morgan fingerprint density at radius 3 is 2.33 bits per heavy atom. The smallest absolute Gasteiger partial charge is 0.305 e. The van der Waals surface area contributed by atoms with Gasteiger partial charge < -0.3 is 14.2 Å². The maximum absolute atomic E-state index is 14.0. The van der Waals surface area contributed by atoms with Crippen molar-refractivity contribution in [1.82, 2.24) is 0 Å². The second kappa shape index (κ2) is 10.1. The Bertz CT molecular complexity index is 898. The number of rotatable bonds is 6. The third-order valence-corrected chi connectivity index (χ3v) is 10.9. The molecule has 0 aromatic carbocycles. The van der Waals surface area contributed by atoms with Crippen LogP contribution in [0.1, 0.15) is 92.4 Å². The second-order valence-corrected chi connectivity index (χ2v) is 12.6. The van der Waals surface area contributed by atoms with Crippen molar-refractivity contribution in [3.8, 4) is 0 Å². The fourth-order valence-corrected chi connectivity index (χ4v) is 9.14. The van der Waals surface area contributed by atoms with Crippen molar-refractivity contribution in [2.75, 3.05) is 7.11 Å². The number of hydrogen-bond acceptors (Lipinski definition) is 7. The van der Waals surface area contributed by atoms with Gasteiger partial charge in [0.15, 0.2) is 0 Å². The highest BCUT2D eigenvalue weighted by Crippen LogP contribution is 2.67. The molecule has 36 heavy (non-hydrogen) atoms. The van der Waals surface area contributed by atoms with Crippen LogP contribution in [0.2, 0.25) is 0 Å². The predicted octanol–water partition coefficient (Wildman–Crippen LogP) is 4.89. The lowest BCUT2D eigenvalue weighted by Crippen LogP contribution is -2.62. The summed E-state index contributed by atoms with van der Waals surface area (Å²) in [7, 11) is 1.41. The van der Waals surface area contributed by atoms with E-state index in [2.05, 4.69) is 20.8 Å². The first kappa shape index (κ1) is 27.1. The van der Waals surface area contributed by atoms with Gasteiger partial charge in [0.1, 0.15) is 18.0 Å². The molecule has 0 spiro atoms. The minimum absolute atomic E-state index is 0.0382. The molecule has 4 fully saturated rings. The number of carbonyl (C=O) groups excluding carboxylic acids is 4. The van der Waals surface area contributed by atoms with E-state index in [1.807, 2.05) is 0 Å². The van der Waals surface area contributed by atoms with E-state index in [0.717, 1.165) is 38.5 Å². The molecule has 0 amide bonds. The summed E-state index contributed by atoms with van der Waals surface area (Å²) in [5, 5.41) is 0. The zero-order chi connectivity index (χ0) is 26.4. The van der Waals surface area contributed by atoms with E-state index in [4.69, 9.17) is 14.2 Å².